The van der Waals surface area contributed by atoms with E-state index < -0.39 is 5.97 Å². The first kappa shape index (κ1) is 17.0. The summed E-state index contributed by atoms with van der Waals surface area (Å²) in [4.78, 5) is 22.4. The van der Waals surface area contributed by atoms with E-state index in [2.05, 4.69) is 5.32 Å². The van der Waals surface area contributed by atoms with Gasteiger partial charge in [-0.15, -0.1) is 0 Å². The molecule has 2 unspecified atom stereocenters. The Morgan fingerprint density at radius 2 is 1.86 bits per heavy atom. The van der Waals surface area contributed by atoms with Crippen LogP contribution in [0.25, 0.3) is 0 Å². The Morgan fingerprint density at radius 3 is 2.48 bits per heavy atom. The maximum atomic E-state index is 11.7. The largest absolute Gasteiger partial charge is 0.484 e. The van der Waals surface area contributed by atoms with Gasteiger partial charge in [-0.25, -0.2) is 0 Å². The van der Waals surface area contributed by atoms with Gasteiger partial charge in [0.25, 0.3) is 5.91 Å². The Hall–Kier alpha value is -2.04. The summed E-state index contributed by atoms with van der Waals surface area (Å²) in [6, 6.07) is 9.18. The number of rotatable bonds is 9. The van der Waals surface area contributed by atoms with Crippen molar-refractivity contribution in [2.24, 2.45) is 5.92 Å². The third-order valence-corrected chi connectivity index (χ3v) is 3.22. The summed E-state index contributed by atoms with van der Waals surface area (Å²) < 4.78 is 5.35. The molecule has 0 saturated heterocycles. The van der Waals surface area contributed by atoms with Crippen LogP contribution in [0.4, 0.5) is 0 Å². The zero-order valence-corrected chi connectivity index (χ0v) is 12.5. The molecule has 0 aliphatic rings. The lowest BCUT2D eigenvalue weighted by Gasteiger charge is -2.15. The topological polar surface area (TPSA) is 75.6 Å². The van der Waals surface area contributed by atoms with E-state index in [-0.39, 0.29) is 24.5 Å². The van der Waals surface area contributed by atoms with Gasteiger partial charge in [0.05, 0.1) is 5.92 Å². The molecule has 5 nitrogen and oxygen atoms in total. The van der Waals surface area contributed by atoms with Gasteiger partial charge < -0.3 is 15.2 Å². The van der Waals surface area contributed by atoms with Crippen molar-refractivity contribution >= 4 is 11.9 Å². The first-order valence-corrected chi connectivity index (χ1v) is 7.19. The molecule has 0 saturated carbocycles. The van der Waals surface area contributed by atoms with E-state index in [1.807, 2.05) is 25.1 Å². The molecule has 116 valence electrons. The second-order valence-corrected chi connectivity index (χ2v) is 5.24. The molecule has 0 bridgehead atoms. The Labute approximate surface area is 125 Å². The van der Waals surface area contributed by atoms with Crippen molar-refractivity contribution in [3.8, 4) is 5.75 Å². The molecule has 1 aromatic rings. The normalized spacial score (nSPS) is 13.2. The standard InChI is InChI=1S/C16H23NO4/c1-12(16(19)20)7-6-8-13(2)17-15(18)11-21-14-9-4-3-5-10-14/h3-5,9-10,12-13H,6-8,11H2,1-2H3,(H,17,18)(H,19,20). The lowest BCUT2D eigenvalue weighted by Crippen LogP contribution is -2.36. The van der Waals surface area contributed by atoms with Crippen LogP contribution in [0.2, 0.25) is 0 Å². The van der Waals surface area contributed by atoms with Gasteiger partial charge in [0.15, 0.2) is 6.61 Å². The minimum absolute atomic E-state index is 0.0119. The summed E-state index contributed by atoms with van der Waals surface area (Å²) in [5.74, 6) is -0.620. The molecule has 1 rings (SSSR count). The van der Waals surface area contributed by atoms with Crippen molar-refractivity contribution in [3.63, 3.8) is 0 Å². The number of para-hydroxylation sites is 1. The van der Waals surface area contributed by atoms with Crippen LogP contribution in [0.3, 0.4) is 0 Å². The number of hydrogen-bond acceptors (Lipinski definition) is 3. The lowest BCUT2D eigenvalue weighted by molar-refractivity contribution is -0.141. The van der Waals surface area contributed by atoms with E-state index in [4.69, 9.17) is 9.84 Å². The van der Waals surface area contributed by atoms with E-state index in [1.165, 1.54) is 0 Å². The number of hydrogen-bond donors (Lipinski definition) is 2. The zero-order valence-electron chi connectivity index (χ0n) is 12.5. The number of ether oxygens (including phenoxy) is 1. The molecule has 1 aromatic carbocycles. The number of carboxylic acid groups (broad SMARTS) is 1. The van der Waals surface area contributed by atoms with Gasteiger partial charge in [-0.05, 0) is 31.9 Å². The third kappa shape index (κ3) is 7.34. The second kappa shape index (κ2) is 9.00. The van der Waals surface area contributed by atoms with E-state index in [9.17, 15) is 9.59 Å². The van der Waals surface area contributed by atoms with Gasteiger partial charge in [-0.3, -0.25) is 9.59 Å². The SMILES string of the molecule is CC(CCCC(C)C(=O)O)NC(=O)COc1ccccc1. The van der Waals surface area contributed by atoms with Crippen LogP contribution in [0.1, 0.15) is 33.1 Å². The maximum absolute atomic E-state index is 11.7. The maximum Gasteiger partial charge on any atom is 0.306 e. The second-order valence-electron chi connectivity index (χ2n) is 5.24. The highest BCUT2D eigenvalue weighted by atomic mass is 16.5. The first-order valence-electron chi connectivity index (χ1n) is 7.19. The number of benzene rings is 1. The van der Waals surface area contributed by atoms with Gasteiger partial charge in [-0.2, -0.15) is 0 Å². The molecule has 0 aliphatic heterocycles. The molecule has 5 heteroatoms. The number of nitrogens with one attached hydrogen (secondary N) is 1. The smallest absolute Gasteiger partial charge is 0.306 e. The minimum atomic E-state index is -0.775. The fourth-order valence-corrected chi connectivity index (χ4v) is 1.91. The van der Waals surface area contributed by atoms with Crippen LogP contribution in [0.15, 0.2) is 30.3 Å². The van der Waals surface area contributed by atoms with Crippen molar-refractivity contribution in [1.29, 1.82) is 0 Å². The number of carbonyl (C=O) groups is 2. The lowest BCUT2D eigenvalue weighted by atomic mass is 10.0. The van der Waals surface area contributed by atoms with Crippen molar-refractivity contribution in [1.82, 2.24) is 5.32 Å². The van der Waals surface area contributed by atoms with Crippen molar-refractivity contribution in [2.45, 2.75) is 39.2 Å². The number of amides is 1. The van der Waals surface area contributed by atoms with Crippen molar-refractivity contribution < 1.29 is 19.4 Å². The van der Waals surface area contributed by atoms with E-state index in [1.54, 1.807) is 19.1 Å². The summed E-state index contributed by atoms with van der Waals surface area (Å²) in [7, 11) is 0. The number of carbonyl (C=O) groups excluding carboxylic acids is 1. The Bertz CT molecular complexity index is 447. The molecular weight excluding hydrogens is 270 g/mol. The molecular formula is C16H23NO4. The summed E-state index contributed by atoms with van der Waals surface area (Å²) in [6.07, 6.45) is 2.15. The van der Waals surface area contributed by atoms with Gasteiger partial charge in [0.2, 0.25) is 0 Å². The van der Waals surface area contributed by atoms with Gasteiger partial charge in [-0.1, -0.05) is 31.5 Å². The molecule has 2 N–H and O–H groups in total. The minimum Gasteiger partial charge on any atom is -0.484 e. The Kier molecular flexibility index (Phi) is 7.29. The van der Waals surface area contributed by atoms with E-state index >= 15 is 0 Å². The van der Waals surface area contributed by atoms with E-state index in [0.29, 0.717) is 12.2 Å². The average molecular weight is 293 g/mol. The Morgan fingerprint density at radius 1 is 1.19 bits per heavy atom. The quantitative estimate of drug-likeness (QED) is 0.733. The predicted octanol–water partition coefficient (Wildman–Crippen LogP) is 2.46. The summed E-state index contributed by atoms with van der Waals surface area (Å²) in [6.45, 7) is 3.59. The molecule has 0 aromatic heterocycles. The van der Waals surface area contributed by atoms with Crippen LogP contribution in [-0.2, 0) is 9.59 Å². The third-order valence-electron chi connectivity index (χ3n) is 3.22. The van der Waals surface area contributed by atoms with Crippen LogP contribution in [0.5, 0.6) is 5.75 Å². The Balaban J connectivity index is 2.17. The highest BCUT2D eigenvalue weighted by molar-refractivity contribution is 5.77. The fraction of sp³-hybridized carbons (Fsp3) is 0.500. The molecule has 0 aliphatic carbocycles. The van der Waals surface area contributed by atoms with E-state index in [0.717, 1.165) is 12.8 Å². The molecule has 0 radical (unpaired) electrons. The highest BCUT2D eigenvalue weighted by Crippen LogP contribution is 2.10. The van der Waals surface area contributed by atoms with Crippen molar-refractivity contribution in [2.75, 3.05) is 6.61 Å². The molecule has 1 amide bonds. The molecule has 0 heterocycles. The fourth-order valence-electron chi connectivity index (χ4n) is 1.91. The summed E-state index contributed by atoms with van der Waals surface area (Å²) in [5.41, 5.74) is 0. The average Bonchev–Trinajstić information content (AvgIpc) is 2.46. The van der Waals surface area contributed by atoms with Crippen molar-refractivity contribution in [3.05, 3.63) is 30.3 Å². The van der Waals surface area contributed by atoms with Crippen LogP contribution < -0.4 is 10.1 Å². The van der Waals surface area contributed by atoms with Gasteiger partial charge >= 0.3 is 5.97 Å². The highest BCUT2D eigenvalue weighted by Gasteiger charge is 2.12. The van der Waals surface area contributed by atoms with Crippen LogP contribution in [0, 0.1) is 5.92 Å². The first-order chi connectivity index (χ1) is 9.99. The zero-order chi connectivity index (χ0) is 15.7. The molecule has 0 spiro atoms. The van der Waals surface area contributed by atoms with Gasteiger partial charge in [0.1, 0.15) is 5.75 Å². The molecule has 21 heavy (non-hydrogen) atoms. The number of aliphatic carboxylic acids is 1. The molecule has 2 atom stereocenters. The predicted molar refractivity (Wildman–Crippen MR) is 80.2 cm³/mol. The molecule has 0 fully saturated rings. The van der Waals surface area contributed by atoms with Gasteiger partial charge in [0, 0.05) is 6.04 Å². The summed E-state index contributed by atoms with van der Waals surface area (Å²) in [5, 5.41) is 11.6. The van der Waals surface area contributed by atoms with Crippen LogP contribution in [-0.4, -0.2) is 29.6 Å². The monoisotopic (exact) mass is 293 g/mol. The van der Waals surface area contributed by atoms with Crippen LogP contribution >= 0.6 is 0 Å². The summed E-state index contributed by atoms with van der Waals surface area (Å²) >= 11 is 0. The number of carboxylic acids is 1.